The largest absolute Gasteiger partial charge is 0.310 e. The molecule has 0 radical (unpaired) electrons. The Morgan fingerprint density at radius 1 is 1.00 bits per heavy atom. The van der Waals surface area contributed by atoms with Crippen LogP contribution in [-0.4, -0.2) is 6.54 Å². The number of aryl methyl sites for hydroxylation is 1. The van der Waals surface area contributed by atoms with Gasteiger partial charge in [-0.1, -0.05) is 55.5 Å². The second-order valence-corrected chi connectivity index (χ2v) is 6.23. The number of hydrogen-bond donors (Lipinski definition) is 1. The molecule has 3 rings (SSSR count). The van der Waals surface area contributed by atoms with Crippen LogP contribution in [0.25, 0.3) is 10.1 Å². The number of rotatable bonds is 6. The van der Waals surface area contributed by atoms with E-state index in [9.17, 15) is 0 Å². The first-order chi connectivity index (χ1) is 10.4. The highest BCUT2D eigenvalue weighted by molar-refractivity contribution is 7.17. The van der Waals surface area contributed by atoms with Gasteiger partial charge < -0.3 is 5.32 Å². The van der Waals surface area contributed by atoms with E-state index >= 15 is 0 Å². The molecule has 2 heteroatoms. The normalized spacial score (nSPS) is 12.6. The third-order valence-corrected chi connectivity index (χ3v) is 4.88. The first-order valence-corrected chi connectivity index (χ1v) is 8.50. The first-order valence-electron chi connectivity index (χ1n) is 7.62. The molecule has 0 saturated heterocycles. The summed E-state index contributed by atoms with van der Waals surface area (Å²) in [6.45, 7) is 3.19. The minimum atomic E-state index is 0.436. The van der Waals surface area contributed by atoms with Crippen molar-refractivity contribution in [3.05, 3.63) is 71.1 Å². The number of fused-ring (bicyclic) bond motifs is 1. The van der Waals surface area contributed by atoms with Crippen molar-refractivity contribution in [2.24, 2.45) is 0 Å². The SMILES string of the molecule is CCNC(CCc1ccccc1)c1csc2ccccc12. The number of hydrogen-bond acceptors (Lipinski definition) is 2. The summed E-state index contributed by atoms with van der Waals surface area (Å²) < 4.78 is 1.38. The first kappa shape index (κ1) is 14.3. The molecule has 0 aliphatic heterocycles. The van der Waals surface area contributed by atoms with Gasteiger partial charge in [-0.05, 0) is 47.3 Å². The maximum atomic E-state index is 3.65. The van der Waals surface area contributed by atoms with E-state index in [-0.39, 0.29) is 0 Å². The van der Waals surface area contributed by atoms with Gasteiger partial charge in [-0.2, -0.15) is 0 Å². The molecule has 108 valence electrons. The summed E-state index contributed by atoms with van der Waals surface area (Å²) in [6.07, 6.45) is 2.25. The molecule has 0 amide bonds. The molecule has 0 spiro atoms. The smallest absolute Gasteiger partial charge is 0.0346 e. The lowest BCUT2D eigenvalue weighted by atomic mass is 9.98. The van der Waals surface area contributed by atoms with Crippen molar-refractivity contribution in [2.45, 2.75) is 25.8 Å². The summed E-state index contributed by atoms with van der Waals surface area (Å²) >= 11 is 1.85. The van der Waals surface area contributed by atoms with Gasteiger partial charge in [0.1, 0.15) is 0 Å². The second-order valence-electron chi connectivity index (χ2n) is 5.32. The Morgan fingerprint density at radius 2 is 1.76 bits per heavy atom. The Labute approximate surface area is 130 Å². The summed E-state index contributed by atoms with van der Waals surface area (Å²) in [5.74, 6) is 0. The van der Waals surface area contributed by atoms with Crippen LogP contribution in [0.4, 0.5) is 0 Å². The van der Waals surface area contributed by atoms with E-state index in [0.29, 0.717) is 6.04 Å². The lowest BCUT2D eigenvalue weighted by molar-refractivity contribution is 0.519. The summed E-state index contributed by atoms with van der Waals surface area (Å²) in [7, 11) is 0. The van der Waals surface area contributed by atoms with Crippen LogP contribution in [0.2, 0.25) is 0 Å². The Balaban J connectivity index is 1.81. The zero-order valence-electron chi connectivity index (χ0n) is 12.4. The number of thiophene rings is 1. The minimum absolute atomic E-state index is 0.436. The summed E-state index contributed by atoms with van der Waals surface area (Å²) in [6, 6.07) is 19.9. The van der Waals surface area contributed by atoms with Crippen LogP contribution in [0, 0.1) is 0 Å². The summed E-state index contributed by atoms with van der Waals surface area (Å²) in [5.41, 5.74) is 2.87. The van der Waals surface area contributed by atoms with Gasteiger partial charge in [0, 0.05) is 10.7 Å². The molecule has 1 unspecified atom stereocenters. The Morgan fingerprint density at radius 3 is 2.57 bits per heavy atom. The van der Waals surface area contributed by atoms with E-state index in [1.54, 1.807) is 0 Å². The van der Waals surface area contributed by atoms with Crippen LogP contribution >= 0.6 is 11.3 Å². The van der Waals surface area contributed by atoms with Gasteiger partial charge in [-0.15, -0.1) is 11.3 Å². The highest BCUT2D eigenvalue weighted by Gasteiger charge is 2.14. The maximum Gasteiger partial charge on any atom is 0.0346 e. The van der Waals surface area contributed by atoms with Crippen LogP contribution in [0.1, 0.15) is 30.5 Å². The van der Waals surface area contributed by atoms with E-state index in [2.05, 4.69) is 72.2 Å². The molecule has 2 aromatic carbocycles. The van der Waals surface area contributed by atoms with Gasteiger partial charge in [-0.25, -0.2) is 0 Å². The van der Waals surface area contributed by atoms with Crippen molar-refractivity contribution in [2.75, 3.05) is 6.54 Å². The highest BCUT2D eigenvalue weighted by Crippen LogP contribution is 2.32. The number of nitrogens with one attached hydrogen (secondary N) is 1. The predicted octanol–water partition coefficient (Wildman–Crippen LogP) is 5.18. The lowest BCUT2D eigenvalue weighted by Crippen LogP contribution is -2.21. The van der Waals surface area contributed by atoms with Crippen LogP contribution in [0.3, 0.4) is 0 Å². The summed E-state index contributed by atoms with van der Waals surface area (Å²) in [4.78, 5) is 0. The van der Waals surface area contributed by atoms with Crippen molar-refractivity contribution in [1.82, 2.24) is 5.32 Å². The molecule has 21 heavy (non-hydrogen) atoms. The molecule has 0 aliphatic rings. The molecule has 1 N–H and O–H groups in total. The predicted molar refractivity (Wildman–Crippen MR) is 93.0 cm³/mol. The fourth-order valence-corrected chi connectivity index (χ4v) is 3.85. The average Bonchev–Trinajstić information content (AvgIpc) is 2.96. The molecule has 0 bridgehead atoms. The van der Waals surface area contributed by atoms with Gasteiger partial charge in [0.05, 0.1) is 0 Å². The van der Waals surface area contributed by atoms with E-state index in [1.807, 2.05) is 11.3 Å². The Bertz CT molecular complexity index is 687. The Kier molecular flexibility index (Phi) is 4.69. The van der Waals surface area contributed by atoms with Crippen LogP contribution in [0.15, 0.2) is 60.0 Å². The zero-order chi connectivity index (χ0) is 14.5. The maximum absolute atomic E-state index is 3.65. The van der Waals surface area contributed by atoms with E-state index < -0.39 is 0 Å². The molecular weight excluding hydrogens is 274 g/mol. The molecule has 1 heterocycles. The van der Waals surface area contributed by atoms with Crippen LogP contribution in [-0.2, 0) is 6.42 Å². The van der Waals surface area contributed by atoms with Gasteiger partial charge in [-0.3, -0.25) is 0 Å². The van der Waals surface area contributed by atoms with Crippen molar-refractivity contribution in [3.63, 3.8) is 0 Å². The molecule has 1 atom stereocenters. The van der Waals surface area contributed by atoms with Crippen LogP contribution in [0.5, 0.6) is 0 Å². The molecule has 3 aromatic rings. The highest BCUT2D eigenvalue weighted by atomic mass is 32.1. The second kappa shape index (κ2) is 6.88. The average molecular weight is 295 g/mol. The van der Waals surface area contributed by atoms with Gasteiger partial charge in [0.2, 0.25) is 0 Å². The lowest BCUT2D eigenvalue weighted by Gasteiger charge is -2.17. The summed E-state index contributed by atoms with van der Waals surface area (Å²) in [5, 5.41) is 7.38. The molecule has 0 fully saturated rings. The molecular formula is C19H21NS. The third-order valence-electron chi connectivity index (χ3n) is 3.90. The molecule has 0 aliphatic carbocycles. The Hall–Kier alpha value is -1.64. The van der Waals surface area contributed by atoms with Crippen molar-refractivity contribution < 1.29 is 0 Å². The van der Waals surface area contributed by atoms with Crippen LogP contribution < -0.4 is 5.32 Å². The van der Waals surface area contributed by atoms with Crippen molar-refractivity contribution in [1.29, 1.82) is 0 Å². The topological polar surface area (TPSA) is 12.0 Å². The van der Waals surface area contributed by atoms with E-state index in [1.165, 1.54) is 21.2 Å². The molecule has 0 saturated carbocycles. The zero-order valence-corrected chi connectivity index (χ0v) is 13.2. The van der Waals surface area contributed by atoms with Crippen molar-refractivity contribution in [3.8, 4) is 0 Å². The third kappa shape index (κ3) is 3.34. The molecule has 1 nitrogen and oxygen atoms in total. The van der Waals surface area contributed by atoms with Gasteiger partial charge in [0.15, 0.2) is 0 Å². The quantitative estimate of drug-likeness (QED) is 0.660. The fraction of sp³-hybridized carbons (Fsp3) is 0.263. The van der Waals surface area contributed by atoms with Gasteiger partial charge in [0.25, 0.3) is 0 Å². The fourth-order valence-electron chi connectivity index (χ4n) is 2.84. The van der Waals surface area contributed by atoms with Gasteiger partial charge >= 0.3 is 0 Å². The number of benzene rings is 2. The standard InChI is InChI=1S/C19H21NS/c1-2-20-18(13-12-15-8-4-3-5-9-15)17-14-21-19-11-7-6-10-16(17)19/h3-11,14,18,20H,2,12-13H2,1H3. The minimum Gasteiger partial charge on any atom is -0.310 e. The van der Waals surface area contributed by atoms with E-state index in [4.69, 9.17) is 0 Å². The monoisotopic (exact) mass is 295 g/mol. The van der Waals surface area contributed by atoms with E-state index in [0.717, 1.165) is 19.4 Å². The molecule has 1 aromatic heterocycles. The van der Waals surface area contributed by atoms with Crippen molar-refractivity contribution >= 4 is 21.4 Å².